The lowest BCUT2D eigenvalue weighted by Gasteiger charge is -2.32. The van der Waals surface area contributed by atoms with Crippen LogP contribution in [0.4, 0.5) is 10.9 Å². The topological polar surface area (TPSA) is 80.2 Å². The summed E-state index contributed by atoms with van der Waals surface area (Å²) in [6.07, 6.45) is 4.21. The van der Waals surface area contributed by atoms with Gasteiger partial charge < -0.3 is 15.0 Å². The van der Waals surface area contributed by atoms with Crippen molar-refractivity contribution in [2.24, 2.45) is 0 Å². The van der Waals surface area contributed by atoms with Gasteiger partial charge in [0.05, 0.1) is 18.7 Å². The number of likely N-dealkylation sites (tertiary alicyclic amines) is 1. The molecule has 1 unspecified atom stereocenters. The van der Waals surface area contributed by atoms with E-state index in [1.807, 2.05) is 23.3 Å². The highest BCUT2D eigenvalue weighted by Gasteiger charge is 2.26. The van der Waals surface area contributed by atoms with Gasteiger partial charge >= 0.3 is 0 Å². The van der Waals surface area contributed by atoms with Crippen LogP contribution < -0.4 is 5.32 Å². The lowest BCUT2D eigenvalue weighted by atomic mass is 9.94. The number of thiazole rings is 1. The third-order valence-electron chi connectivity index (χ3n) is 4.24. The lowest BCUT2D eigenvalue weighted by molar-refractivity contribution is -0.133. The van der Waals surface area contributed by atoms with Crippen LogP contribution in [0.15, 0.2) is 17.6 Å². The Bertz CT molecular complexity index is 707. The first-order chi connectivity index (χ1) is 12.2. The number of rotatable bonds is 6. The summed E-state index contributed by atoms with van der Waals surface area (Å²) >= 11 is 1.53. The van der Waals surface area contributed by atoms with E-state index in [2.05, 4.69) is 20.3 Å². The molecule has 25 heavy (non-hydrogen) atoms. The molecule has 0 bridgehead atoms. The number of methoxy groups -OCH3 is 1. The second-order valence-electron chi connectivity index (χ2n) is 6.11. The van der Waals surface area contributed by atoms with E-state index in [0.29, 0.717) is 19.6 Å². The highest BCUT2D eigenvalue weighted by atomic mass is 32.1. The van der Waals surface area contributed by atoms with Gasteiger partial charge in [-0.3, -0.25) is 4.79 Å². The van der Waals surface area contributed by atoms with E-state index in [-0.39, 0.29) is 11.8 Å². The predicted molar refractivity (Wildman–Crippen MR) is 97.2 cm³/mol. The Morgan fingerprint density at radius 2 is 2.36 bits per heavy atom. The van der Waals surface area contributed by atoms with Crippen LogP contribution in [0, 0.1) is 6.92 Å². The van der Waals surface area contributed by atoms with Gasteiger partial charge in [0.15, 0.2) is 5.13 Å². The van der Waals surface area contributed by atoms with Crippen molar-refractivity contribution in [1.29, 1.82) is 0 Å². The van der Waals surface area contributed by atoms with E-state index >= 15 is 0 Å². The number of piperidine rings is 1. The quantitative estimate of drug-likeness (QED) is 0.852. The van der Waals surface area contributed by atoms with Crippen LogP contribution in [0.5, 0.6) is 0 Å². The molecule has 1 amide bonds. The summed E-state index contributed by atoms with van der Waals surface area (Å²) in [6, 6.07) is 1.97. The minimum atomic E-state index is 0.151. The largest absolute Gasteiger partial charge is 0.384 e. The number of hydrogen-bond donors (Lipinski definition) is 1. The first-order valence-electron chi connectivity index (χ1n) is 8.44. The van der Waals surface area contributed by atoms with Gasteiger partial charge in [0.2, 0.25) is 5.91 Å². The number of hydrogen-bond acceptors (Lipinski definition) is 7. The van der Waals surface area contributed by atoms with Crippen molar-refractivity contribution in [2.45, 2.75) is 32.1 Å². The van der Waals surface area contributed by atoms with Crippen LogP contribution in [-0.2, 0) is 9.53 Å². The molecule has 0 aliphatic carbocycles. The minimum absolute atomic E-state index is 0.151. The maximum Gasteiger partial charge on any atom is 0.224 e. The molecule has 1 fully saturated rings. The van der Waals surface area contributed by atoms with Gasteiger partial charge in [-0.25, -0.2) is 15.0 Å². The number of nitrogens with one attached hydrogen (secondary N) is 1. The summed E-state index contributed by atoms with van der Waals surface area (Å²) < 4.78 is 5.01. The fraction of sp³-hybridized carbons (Fsp3) is 0.529. The van der Waals surface area contributed by atoms with Gasteiger partial charge in [-0.1, -0.05) is 0 Å². The molecule has 3 heterocycles. The molecule has 1 aliphatic heterocycles. The Morgan fingerprint density at radius 3 is 3.12 bits per heavy atom. The lowest BCUT2D eigenvalue weighted by Crippen LogP contribution is -2.39. The summed E-state index contributed by atoms with van der Waals surface area (Å²) in [5.41, 5.74) is 0.982. The van der Waals surface area contributed by atoms with Crippen LogP contribution in [0.2, 0.25) is 0 Å². The van der Waals surface area contributed by atoms with E-state index < -0.39 is 0 Å². The number of aromatic nitrogens is 3. The Labute approximate surface area is 151 Å². The van der Waals surface area contributed by atoms with Gasteiger partial charge in [-0.2, -0.15) is 0 Å². The molecule has 7 nitrogen and oxygen atoms in total. The van der Waals surface area contributed by atoms with Crippen LogP contribution in [0.3, 0.4) is 0 Å². The SMILES string of the molecule is COCCC(=O)N1CCCC(c2cc(Nc3nccs3)nc(C)n2)C1. The molecule has 1 saturated heterocycles. The van der Waals surface area contributed by atoms with Crippen molar-refractivity contribution in [2.75, 3.05) is 32.1 Å². The zero-order valence-corrected chi connectivity index (χ0v) is 15.4. The first-order valence-corrected chi connectivity index (χ1v) is 9.32. The molecule has 0 aromatic carbocycles. The zero-order valence-electron chi connectivity index (χ0n) is 14.6. The normalized spacial score (nSPS) is 17.5. The summed E-state index contributed by atoms with van der Waals surface area (Å²) in [6.45, 7) is 3.87. The number of nitrogens with zero attached hydrogens (tertiary/aromatic N) is 4. The zero-order chi connectivity index (χ0) is 17.6. The highest BCUT2D eigenvalue weighted by molar-refractivity contribution is 7.13. The Kier molecular flexibility index (Phi) is 5.93. The number of ether oxygens (including phenoxy) is 1. The maximum atomic E-state index is 12.3. The average molecular weight is 361 g/mol. The number of aryl methyl sites for hydroxylation is 1. The molecule has 8 heteroatoms. The molecule has 1 aliphatic rings. The predicted octanol–water partition coefficient (Wildman–Crippen LogP) is 2.73. The standard InChI is InChI=1S/C17H23N5O2S/c1-12-19-14(10-15(20-12)21-17-18-6-9-25-17)13-4-3-7-22(11-13)16(23)5-8-24-2/h6,9-10,13H,3-5,7-8,11H2,1-2H3,(H,18,19,20,21). The van der Waals surface area contributed by atoms with Crippen molar-refractivity contribution >= 4 is 28.2 Å². The molecular weight excluding hydrogens is 338 g/mol. The minimum Gasteiger partial charge on any atom is -0.384 e. The molecule has 1 atom stereocenters. The highest BCUT2D eigenvalue weighted by Crippen LogP contribution is 2.28. The fourth-order valence-electron chi connectivity index (χ4n) is 3.05. The van der Waals surface area contributed by atoms with Gasteiger partial charge in [0.25, 0.3) is 0 Å². The van der Waals surface area contributed by atoms with Crippen LogP contribution >= 0.6 is 11.3 Å². The van der Waals surface area contributed by atoms with Crippen molar-refractivity contribution in [1.82, 2.24) is 19.9 Å². The van der Waals surface area contributed by atoms with Crippen molar-refractivity contribution in [3.63, 3.8) is 0 Å². The van der Waals surface area contributed by atoms with E-state index in [9.17, 15) is 4.79 Å². The summed E-state index contributed by atoms with van der Waals surface area (Å²) in [5, 5.41) is 5.95. The molecular formula is C17H23N5O2S. The van der Waals surface area contributed by atoms with E-state index in [0.717, 1.165) is 41.9 Å². The van der Waals surface area contributed by atoms with E-state index in [1.54, 1.807) is 13.3 Å². The van der Waals surface area contributed by atoms with Crippen LogP contribution in [0.1, 0.15) is 36.7 Å². The van der Waals surface area contributed by atoms with Gasteiger partial charge in [0.1, 0.15) is 11.6 Å². The number of carbonyl (C=O) groups excluding carboxylic acids is 1. The van der Waals surface area contributed by atoms with Gasteiger partial charge in [-0.05, 0) is 19.8 Å². The number of anilines is 2. The first kappa shape index (κ1) is 17.8. The molecule has 0 spiro atoms. The van der Waals surface area contributed by atoms with Gasteiger partial charge in [-0.15, -0.1) is 11.3 Å². The van der Waals surface area contributed by atoms with E-state index in [4.69, 9.17) is 4.74 Å². The summed E-state index contributed by atoms with van der Waals surface area (Å²) in [5.74, 6) is 1.86. The van der Waals surface area contributed by atoms with Crippen LogP contribution in [0.25, 0.3) is 0 Å². The molecule has 3 rings (SSSR count). The molecule has 2 aromatic rings. The van der Waals surface area contributed by atoms with Gasteiger partial charge in [0, 0.05) is 43.8 Å². The number of amides is 1. The number of carbonyl (C=O) groups is 1. The third kappa shape index (κ3) is 4.73. The Morgan fingerprint density at radius 1 is 1.48 bits per heavy atom. The molecule has 2 aromatic heterocycles. The van der Waals surface area contributed by atoms with Crippen LogP contribution in [-0.4, -0.2) is 52.6 Å². The fourth-order valence-corrected chi connectivity index (χ4v) is 3.59. The van der Waals surface area contributed by atoms with E-state index in [1.165, 1.54) is 11.3 Å². The second-order valence-corrected chi connectivity index (χ2v) is 7.00. The molecule has 0 saturated carbocycles. The Hall–Kier alpha value is -2.06. The van der Waals surface area contributed by atoms with Crippen molar-refractivity contribution < 1.29 is 9.53 Å². The average Bonchev–Trinajstić information content (AvgIpc) is 3.12. The van der Waals surface area contributed by atoms with Crippen molar-refractivity contribution in [3.8, 4) is 0 Å². The molecule has 134 valence electrons. The third-order valence-corrected chi connectivity index (χ3v) is 4.93. The molecule has 0 radical (unpaired) electrons. The summed E-state index contributed by atoms with van der Waals surface area (Å²) in [4.78, 5) is 27.5. The Balaban J connectivity index is 1.71. The maximum absolute atomic E-state index is 12.3. The molecule has 1 N–H and O–H groups in total. The second kappa shape index (κ2) is 8.35. The monoisotopic (exact) mass is 361 g/mol. The summed E-state index contributed by atoms with van der Waals surface area (Å²) in [7, 11) is 1.62. The smallest absolute Gasteiger partial charge is 0.224 e. The van der Waals surface area contributed by atoms with Crippen molar-refractivity contribution in [3.05, 3.63) is 29.2 Å².